The van der Waals surface area contributed by atoms with Crippen molar-refractivity contribution < 1.29 is 10.2 Å². The van der Waals surface area contributed by atoms with Crippen molar-refractivity contribution in [1.29, 1.82) is 0 Å². The zero-order valence-corrected chi connectivity index (χ0v) is 10.0. The molecule has 0 heterocycles. The Morgan fingerprint density at radius 2 is 1.33 bits per heavy atom. The normalized spacial score (nSPS) is 11.1. The number of hydrogen-bond donors (Lipinski definition) is 2. The van der Waals surface area contributed by atoms with Crippen LogP contribution in [0.3, 0.4) is 0 Å². The fraction of sp³-hybridized carbons (Fsp3) is 0.500. The third kappa shape index (κ3) is 2.07. The number of nitrogens with zero attached hydrogens (tertiary/aromatic N) is 1. The molecule has 0 spiro atoms. The number of benzene rings is 1. The molecule has 15 heavy (non-hydrogen) atoms. The average molecular weight is 209 g/mol. The number of rotatable bonds is 2. The molecule has 1 rings (SSSR count). The van der Waals surface area contributed by atoms with Crippen LogP contribution in [0.25, 0.3) is 0 Å². The lowest BCUT2D eigenvalue weighted by atomic mass is 9.96. The maximum absolute atomic E-state index is 9.74. The second kappa shape index (κ2) is 4.11. The molecule has 1 aromatic rings. The summed E-state index contributed by atoms with van der Waals surface area (Å²) in [6, 6.07) is 0. The highest BCUT2D eigenvalue weighted by atomic mass is 16.3. The Labute approximate surface area is 91.0 Å². The minimum absolute atomic E-state index is 0.00695. The molecule has 0 amide bonds. The molecule has 1 aromatic carbocycles. The first-order chi connectivity index (χ1) is 6.86. The Kier molecular flexibility index (Phi) is 3.25. The highest BCUT2D eigenvalue weighted by Crippen LogP contribution is 2.37. The summed E-state index contributed by atoms with van der Waals surface area (Å²) >= 11 is 0. The fourth-order valence-electron chi connectivity index (χ4n) is 1.74. The van der Waals surface area contributed by atoms with E-state index in [-0.39, 0.29) is 11.5 Å². The molecule has 0 aliphatic carbocycles. The van der Waals surface area contributed by atoms with Gasteiger partial charge in [-0.25, -0.2) is 0 Å². The molecule has 0 radical (unpaired) electrons. The molecule has 0 bridgehead atoms. The minimum Gasteiger partial charge on any atom is -0.504 e. The number of aromatic hydroxyl groups is 2. The van der Waals surface area contributed by atoms with Crippen LogP contribution in [0, 0.1) is 20.8 Å². The lowest BCUT2D eigenvalue weighted by Gasteiger charge is -2.19. The van der Waals surface area contributed by atoms with Gasteiger partial charge in [-0.15, -0.1) is 0 Å². The van der Waals surface area contributed by atoms with E-state index in [2.05, 4.69) is 0 Å². The first kappa shape index (κ1) is 11.9. The van der Waals surface area contributed by atoms with E-state index < -0.39 is 0 Å². The van der Waals surface area contributed by atoms with Gasteiger partial charge in [-0.1, -0.05) is 0 Å². The van der Waals surface area contributed by atoms with E-state index in [1.807, 2.05) is 39.8 Å². The van der Waals surface area contributed by atoms with Gasteiger partial charge in [-0.05, 0) is 57.1 Å². The average Bonchev–Trinajstić information content (AvgIpc) is 2.18. The zero-order chi connectivity index (χ0) is 11.7. The van der Waals surface area contributed by atoms with Gasteiger partial charge in [0.2, 0.25) is 0 Å². The maximum Gasteiger partial charge on any atom is 0.161 e. The van der Waals surface area contributed by atoms with Crippen molar-refractivity contribution in [2.75, 3.05) is 14.1 Å². The Morgan fingerprint density at radius 1 is 0.867 bits per heavy atom. The SMILES string of the molecule is Cc1c(C)c(CN(C)C)c(C)c(O)c1O. The van der Waals surface area contributed by atoms with Crippen molar-refractivity contribution in [3.05, 3.63) is 22.3 Å². The predicted molar refractivity (Wildman–Crippen MR) is 61.4 cm³/mol. The quantitative estimate of drug-likeness (QED) is 0.733. The van der Waals surface area contributed by atoms with Crippen LogP contribution in [-0.4, -0.2) is 29.2 Å². The monoisotopic (exact) mass is 209 g/mol. The van der Waals surface area contributed by atoms with Crippen LogP contribution in [-0.2, 0) is 6.54 Å². The van der Waals surface area contributed by atoms with Gasteiger partial charge in [0.1, 0.15) is 0 Å². The first-order valence-corrected chi connectivity index (χ1v) is 5.01. The summed E-state index contributed by atoms with van der Waals surface area (Å²) in [5.74, 6) is 0.0162. The Morgan fingerprint density at radius 3 is 1.80 bits per heavy atom. The number of phenols is 2. The van der Waals surface area contributed by atoms with Gasteiger partial charge in [-0.2, -0.15) is 0 Å². The van der Waals surface area contributed by atoms with Crippen LogP contribution in [0.1, 0.15) is 22.3 Å². The van der Waals surface area contributed by atoms with E-state index >= 15 is 0 Å². The molecule has 0 saturated heterocycles. The highest BCUT2D eigenvalue weighted by molar-refractivity contribution is 5.57. The van der Waals surface area contributed by atoms with Gasteiger partial charge >= 0.3 is 0 Å². The lowest BCUT2D eigenvalue weighted by molar-refractivity contribution is 0.383. The van der Waals surface area contributed by atoms with Crippen molar-refractivity contribution in [3.63, 3.8) is 0 Å². The second-order valence-corrected chi connectivity index (χ2v) is 4.29. The van der Waals surface area contributed by atoms with Crippen molar-refractivity contribution in [2.45, 2.75) is 27.3 Å². The fourth-order valence-corrected chi connectivity index (χ4v) is 1.74. The molecule has 0 aromatic heterocycles. The summed E-state index contributed by atoms with van der Waals surface area (Å²) in [4.78, 5) is 2.05. The first-order valence-electron chi connectivity index (χ1n) is 5.01. The maximum atomic E-state index is 9.74. The molecule has 84 valence electrons. The van der Waals surface area contributed by atoms with Gasteiger partial charge in [0.25, 0.3) is 0 Å². The Hall–Kier alpha value is -1.22. The molecule has 0 atom stereocenters. The molecule has 0 fully saturated rings. The van der Waals surface area contributed by atoms with Crippen LogP contribution < -0.4 is 0 Å². The largest absolute Gasteiger partial charge is 0.504 e. The molecule has 0 saturated carbocycles. The van der Waals surface area contributed by atoms with Gasteiger partial charge in [0.05, 0.1) is 0 Å². The van der Waals surface area contributed by atoms with E-state index in [4.69, 9.17) is 0 Å². The number of phenolic OH excluding ortho intramolecular Hbond substituents is 2. The molecule has 3 heteroatoms. The van der Waals surface area contributed by atoms with Crippen LogP contribution in [0.2, 0.25) is 0 Å². The van der Waals surface area contributed by atoms with Gasteiger partial charge < -0.3 is 15.1 Å². The summed E-state index contributed by atoms with van der Waals surface area (Å²) < 4.78 is 0. The van der Waals surface area contributed by atoms with Gasteiger partial charge in [0, 0.05) is 6.54 Å². The predicted octanol–water partition coefficient (Wildman–Crippen LogP) is 2.08. The summed E-state index contributed by atoms with van der Waals surface area (Å²) in [6.07, 6.45) is 0. The third-order valence-corrected chi connectivity index (χ3v) is 2.88. The summed E-state index contributed by atoms with van der Waals surface area (Å²) in [7, 11) is 3.97. The van der Waals surface area contributed by atoms with Crippen LogP contribution in [0.15, 0.2) is 0 Å². The Bertz CT molecular complexity index is 355. The van der Waals surface area contributed by atoms with E-state index in [0.29, 0.717) is 0 Å². The molecule has 0 aliphatic rings. The molecular formula is C12H19NO2. The van der Waals surface area contributed by atoms with E-state index in [1.165, 1.54) is 0 Å². The summed E-state index contributed by atoms with van der Waals surface area (Å²) in [6.45, 7) is 6.40. The van der Waals surface area contributed by atoms with Crippen LogP contribution >= 0.6 is 0 Å². The van der Waals surface area contributed by atoms with Gasteiger partial charge in [0.15, 0.2) is 11.5 Å². The van der Waals surface area contributed by atoms with E-state index in [9.17, 15) is 10.2 Å². The zero-order valence-electron chi connectivity index (χ0n) is 10.0. The van der Waals surface area contributed by atoms with Crippen LogP contribution in [0.4, 0.5) is 0 Å². The topological polar surface area (TPSA) is 43.7 Å². The Balaban J connectivity index is 3.39. The molecule has 0 unspecified atom stereocenters. The molecule has 0 aliphatic heterocycles. The van der Waals surface area contributed by atoms with Crippen molar-refractivity contribution in [1.82, 2.24) is 4.90 Å². The standard InChI is InChI=1S/C12H19NO2/c1-7-8(2)11(14)12(15)9(3)10(7)6-13(4)5/h14-15H,6H2,1-5H3. The summed E-state index contributed by atoms with van der Waals surface area (Å²) in [5.41, 5.74) is 3.67. The highest BCUT2D eigenvalue weighted by Gasteiger charge is 2.16. The molecular weight excluding hydrogens is 190 g/mol. The molecule has 2 N–H and O–H groups in total. The second-order valence-electron chi connectivity index (χ2n) is 4.29. The van der Waals surface area contributed by atoms with Gasteiger partial charge in [-0.3, -0.25) is 0 Å². The van der Waals surface area contributed by atoms with E-state index in [0.717, 1.165) is 28.8 Å². The summed E-state index contributed by atoms with van der Waals surface area (Å²) in [5, 5.41) is 19.4. The minimum atomic E-state index is 0.00695. The smallest absolute Gasteiger partial charge is 0.161 e. The van der Waals surface area contributed by atoms with Crippen molar-refractivity contribution in [2.24, 2.45) is 0 Å². The van der Waals surface area contributed by atoms with Crippen molar-refractivity contribution in [3.8, 4) is 11.5 Å². The van der Waals surface area contributed by atoms with Crippen LogP contribution in [0.5, 0.6) is 11.5 Å². The van der Waals surface area contributed by atoms with Crippen molar-refractivity contribution >= 4 is 0 Å². The van der Waals surface area contributed by atoms with E-state index in [1.54, 1.807) is 0 Å². The number of hydrogen-bond acceptors (Lipinski definition) is 3. The lowest BCUT2D eigenvalue weighted by Crippen LogP contribution is -2.13. The third-order valence-electron chi connectivity index (χ3n) is 2.88. The molecule has 3 nitrogen and oxygen atoms in total.